The van der Waals surface area contributed by atoms with Gasteiger partial charge >= 0.3 is 0 Å². The molecule has 6 heteroatoms. The first-order chi connectivity index (χ1) is 9.13. The highest BCUT2D eigenvalue weighted by atomic mass is 16.5. The first kappa shape index (κ1) is 16.4. The van der Waals surface area contributed by atoms with Gasteiger partial charge in [0.1, 0.15) is 0 Å². The van der Waals surface area contributed by atoms with Crippen molar-refractivity contribution in [3.05, 3.63) is 0 Å². The van der Waals surface area contributed by atoms with Gasteiger partial charge in [-0.1, -0.05) is 0 Å². The summed E-state index contributed by atoms with van der Waals surface area (Å²) < 4.78 is 10.2. The van der Waals surface area contributed by atoms with Gasteiger partial charge in [-0.15, -0.1) is 0 Å². The van der Waals surface area contributed by atoms with E-state index in [1.54, 1.807) is 7.11 Å². The van der Waals surface area contributed by atoms with Gasteiger partial charge < -0.3 is 20.5 Å². The molecule has 0 spiro atoms. The van der Waals surface area contributed by atoms with Crippen LogP contribution in [0.1, 0.15) is 19.8 Å². The van der Waals surface area contributed by atoms with Gasteiger partial charge in [-0.05, 0) is 19.8 Å². The van der Waals surface area contributed by atoms with Crippen molar-refractivity contribution < 1.29 is 14.3 Å². The Balaban J connectivity index is 2.18. The SMILES string of the molecule is COCCCC(N)C(=O)NC(C)CN1CCOCC1. The van der Waals surface area contributed by atoms with Crippen LogP contribution < -0.4 is 11.1 Å². The topological polar surface area (TPSA) is 76.8 Å². The molecule has 2 atom stereocenters. The highest BCUT2D eigenvalue weighted by molar-refractivity contribution is 5.81. The van der Waals surface area contributed by atoms with Crippen LogP contribution in [0.4, 0.5) is 0 Å². The Morgan fingerprint density at radius 2 is 2.16 bits per heavy atom. The van der Waals surface area contributed by atoms with Gasteiger partial charge in [0.15, 0.2) is 0 Å². The first-order valence-corrected chi connectivity index (χ1v) is 6.98. The summed E-state index contributed by atoms with van der Waals surface area (Å²) >= 11 is 0. The molecule has 2 unspecified atom stereocenters. The van der Waals surface area contributed by atoms with Crippen LogP contribution in [0.2, 0.25) is 0 Å². The molecule has 1 aliphatic heterocycles. The fraction of sp³-hybridized carbons (Fsp3) is 0.923. The lowest BCUT2D eigenvalue weighted by Crippen LogP contribution is -2.50. The number of nitrogens with two attached hydrogens (primary N) is 1. The Kier molecular flexibility index (Phi) is 7.97. The monoisotopic (exact) mass is 273 g/mol. The number of amides is 1. The van der Waals surface area contributed by atoms with E-state index < -0.39 is 6.04 Å². The standard InChI is InChI=1S/C13H27N3O3/c1-11(10-16-5-8-19-9-6-16)15-13(17)12(14)4-3-7-18-2/h11-12H,3-10,14H2,1-2H3,(H,15,17). The number of methoxy groups -OCH3 is 1. The molecule has 0 aromatic rings. The molecule has 0 aromatic heterocycles. The summed E-state index contributed by atoms with van der Waals surface area (Å²) in [5.74, 6) is -0.0723. The predicted molar refractivity (Wildman–Crippen MR) is 73.9 cm³/mol. The van der Waals surface area contributed by atoms with Crippen molar-refractivity contribution >= 4 is 5.91 Å². The number of rotatable bonds is 8. The average molecular weight is 273 g/mol. The Morgan fingerprint density at radius 1 is 1.47 bits per heavy atom. The van der Waals surface area contributed by atoms with Crippen LogP contribution in [-0.4, -0.2) is 69.5 Å². The molecule has 0 radical (unpaired) electrons. The van der Waals surface area contributed by atoms with Crippen LogP contribution in [0, 0.1) is 0 Å². The Hall–Kier alpha value is -0.690. The summed E-state index contributed by atoms with van der Waals surface area (Å²) in [6, 6.07) is -0.332. The van der Waals surface area contributed by atoms with Crippen molar-refractivity contribution in [2.24, 2.45) is 5.73 Å². The molecule has 1 aliphatic rings. The maximum atomic E-state index is 11.9. The largest absolute Gasteiger partial charge is 0.385 e. The van der Waals surface area contributed by atoms with Crippen LogP contribution in [-0.2, 0) is 14.3 Å². The van der Waals surface area contributed by atoms with Crippen molar-refractivity contribution in [2.45, 2.75) is 31.8 Å². The van der Waals surface area contributed by atoms with Gasteiger partial charge in [-0.25, -0.2) is 0 Å². The van der Waals surface area contributed by atoms with Crippen LogP contribution in [0.25, 0.3) is 0 Å². The Morgan fingerprint density at radius 3 is 2.79 bits per heavy atom. The van der Waals surface area contributed by atoms with E-state index in [2.05, 4.69) is 10.2 Å². The second-order valence-corrected chi connectivity index (χ2v) is 5.06. The third-order valence-electron chi connectivity index (χ3n) is 3.22. The summed E-state index contributed by atoms with van der Waals surface area (Å²) in [5.41, 5.74) is 5.84. The lowest BCUT2D eigenvalue weighted by atomic mass is 10.1. The van der Waals surface area contributed by atoms with Gasteiger partial charge in [0.25, 0.3) is 0 Å². The first-order valence-electron chi connectivity index (χ1n) is 6.98. The van der Waals surface area contributed by atoms with E-state index in [1.807, 2.05) is 6.92 Å². The predicted octanol–water partition coefficient (Wildman–Crippen LogP) is -0.423. The van der Waals surface area contributed by atoms with Gasteiger partial charge in [0.05, 0.1) is 19.3 Å². The normalized spacial score (nSPS) is 19.9. The van der Waals surface area contributed by atoms with E-state index in [9.17, 15) is 4.79 Å². The molecule has 1 heterocycles. The quantitative estimate of drug-likeness (QED) is 0.587. The molecule has 1 saturated heterocycles. The van der Waals surface area contributed by atoms with Crippen molar-refractivity contribution in [1.29, 1.82) is 0 Å². The van der Waals surface area contributed by atoms with Gasteiger partial charge in [0.2, 0.25) is 5.91 Å². The van der Waals surface area contributed by atoms with Crippen molar-refractivity contribution in [3.8, 4) is 0 Å². The molecular formula is C13H27N3O3. The number of hydrogen-bond acceptors (Lipinski definition) is 5. The van der Waals surface area contributed by atoms with Crippen molar-refractivity contribution in [1.82, 2.24) is 10.2 Å². The van der Waals surface area contributed by atoms with Gasteiger partial charge in [-0.2, -0.15) is 0 Å². The molecule has 6 nitrogen and oxygen atoms in total. The minimum atomic E-state index is -0.442. The Labute approximate surface area is 115 Å². The molecule has 1 fully saturated rings. The van der Waals surface area contributed by atoms with Crippen molar-refractivity contribution in [2.75, 3.05) is 46.6 Å². The number of ether oxygens (including phenoxy) is 2. The molecule has 0 bridgehead atoms. The number of morpholine rings is 1. The van der Waals surface area contributed by atoms with Crippen LogP contribution in [0.15, 0.2) is 0 Å². The second kappa shape index (κ2) is 9.25. The third kappa shape index (κ3) is 6.87. The minimum Gasteiger partial charge on any atom is -0.385 e. The van der Waals surface area contributed by atoms with E-state index in [1.165, 1.54) is 0 Å². The van der Waals surface area contributed by atoms with E-state index in [0.29, 0.717) is 13.0 Å². The summed E-state index contributed by atoms with van der Waals surface area (Å²) in [5, 5.41) is 2.97. The lowest BCUT2D eigenvalue weighted by molar-refractivity contribution is -0.123. The van der Waals surface area contributed by atoms with E-state index in [4.69, 9.17) is 15.2 Å². The maximum Gasteiger partial charge on any atom is 0.237 e. The van der Waals surface area contributed by atoms with E-state index in [-0.39, 0.29) is 11.9 Å². The summed E-state index contributed by atoms with van der Waals surface area (Å²) in [6.45, 7) is 6.91. The molecule has 19 heavy (non-hydrogen) atoms. The van der Waals surface area contributed by atoms with Gasteiger partial charge in [-0.3, -0.25) is 9.69 Å². The zero-order chi connectivity index (χ0) is 14.1. The zero-order valence-electron chi connectivity index (χ0n) is 12.1. The third-order valence-corrected chi connectivity index (χ3v) is 3.22. The molecule has 3 N–H and O–H groups in total. The number of nitrogens with zero attached hydrogens (tertiary/aromatic N) is 1. The number of nitrogens with one attached hydrogen (secondary N) is 1. The second-order valence-electron chi connectivity index (χ2n) is 5.06. The molecule has 1 rings (SSSR count). The zero-order valence-corrected chi connectivity index (χ0v) is 12.1. The molecule has 1 amide bonds. The summed E-state index contributed by atoms with van der Waals surface area (Å²) in [6.07, 6.45) is 1.47. The lowest BCUT2D eigenvalue weighted by Gasteiger charge is -2.29. The number of hydrogen-bond donors (Lipinski definition) is 2. The molecule has 0 saturated carbocycles. The minimum absolute atomic E-state index is 0.0723. The van der Waals surface area contributed by atoms with Gasteiger partial charge in [0, 0.05) is 39.4 Å². The average Bonchev–Trinajstić information content (AvgIpc) is 2.39. The van der Waals surface area contributed by atoms with E-state index in [0.717, 1.165) is 39.3 Å². The fourth-order valence-electron chi connectivity index (χ4n) is 2.15. The van der Waals surface area contributed by atoms with Crippen molar-refractivity contribution in [3.63, 3.8) is 0 Å². The summed E-state index contributed by atoms with van der Waals surface area (Å²) in [4.78, 5) is 14.2. The van der Waals surface area contributed by atoms with Crippen LogP contribution >= 0.6 is 0 Å². The molecular weight excluding hydrogens is 246 g/mol. The highest BCUT2D eigenvalue weighted by Crippen LogP contribution is 2.00. The number of carbonyl (C=O) groups excluding carboxylic acids is 1. The highest BCUT2D eigenvalue weighted by Gasteiger charge is 2.18. The molecule has 0 aromatic carbocycles. The molecule has 112 valence electrons. The van der Waals surface area contributed by atoms with Crippen LogP contribution in [0.3, 0.4) is 0 Å². The number of carbonyl (C=O) groups is 1. The maximum absolute atomic E-state index is 11.9. The molecule has 0 aliphatic carbocycles. The smallest absolute Gasteiger partial charge is 0.237 e. The Bertz CT molecular complexity index is 258. The van der Waals surface area contributed by atoms with E-state index >= 15 is 0 Å². The van der Waals surface area contributed by atoms with Crippen LogP contribution in [0.5, 0.6) is 0 Å². The summed E-state index contributed by atoms with van der Waals surface area (Å²) in [7, 11) is 1.65. The fourth-order valence-corrected chi connectivity index (χ4v) is 2.15.